The highest BCUT2D eigenvalue weighted by Crippen LogP contribution is 2.28. The lowest BCUT2D eigenvalue weighted by Gasteiger charge is -2.28. The van der Waals surface area contributed by atoms with Gasteiger partial charge in [0.1, 0.15) is 16.7 Å². The molecule has 1 atom stereocenters. The van der Waals surface area contributed by atoms with Crippen molar-refractivity contribution in [2.24, 2.45) is 5.73 Å². The maximum Gasteiger partial charge on any atom is 0.272 e. The second-order valence-corrected chi connectivity index (χ2v) is 7.89. The standard InChI is InChI=1S/C23H25N5O4S/c1-3-32-17-11-9-16(10-12-17)28(23(31)20-18(24)19(21(25)29)27-33-20)14(2)22(30)26-13-15-7-5-4-6-8-15/h4-12,14H,3,13,24H2,1-2H3,(H2,25,29)(H,26,30). The molecule has 1 heterocycles. The van der Waals surface area contributed by atoms with Crippen LogP contribution in [0.25, 0.3) is 0 Å². The lowest BCUT2D eigenvalue weighted by molar-refractivity contribution is -0.122. The molecule has 0 saturated heterocycles. The first kappa shape index (κ1) is 23.7. The van der Waals surface area contributed by atoms with E-state index in [2.05, 4.69) is 9.69 Å². The van der Waals surface area contributed by atoms with Gasteiger partial charge in [-0.1, -0.05) is 30.3 Å². The molecule has 1 unspecified atom stereocenters. The molecule has 0 aliphatic carbocycles. The summed E-state index contributed by atoms with van der Waals surface area (Å²) in [4.78, 5) is 39.4. The van der Waals surface area contributed by atoms with E-state index in [1.165, 1.54) is 4.90 Å². The number of ether oxygens (including phenoxy) is 1. The Kier molecular flexibility index (Phi) is 7.62. The lowest BCUT2D eigenvalue weighted by Crippen LogP contribution is -2.48. The monoisotopic (exact) mass is 467 g/mol. The summed E-state index contributed by atoms with van der Waals surface area (Å²) in [6.07, 6.45) is 0. The van der Waals surface area contributed by atoms with Crippen LogP contribution in [-0.2, 0) is 11.3 Å². The maximum absolute atomic E-state index is 13.5. The highest BCUT2D eigenvalue weighted by Gasteiger charge is 2.32. The van der Waals surface area contributed by atoms with Crippen molar-refractivity contribution < 1.29 is 19.1 Å². The van der Waals surface area contributed by atoms with Crippen LogP contribution in [0, 0.1) is 0 Å². The van der Waals surface area contributed by atoms with Crippen LogP contribution in [0.5, 0.6) is 5.75 Å². The number of carbonyl (C=O) groups excluding carboxylic acids is 3. The summed E-state index contributed by atoms with van der Waals surface area (Å²) in [5, 5.41) is 2.85. The van der Waals surface area contributed by atoms with Gasteiger partial charge in [0.05, 0.1) is 12.3 Å². The number of nitrogen functional groups attached to an aromatic ring is 1. The number of benzene rings is 2. The van der Waals surface area contributed by atoms with Crippen molar-refractivity contribution in [2.75, 3.05) is 17.2 Å². The molecule has 172 valence electrons. The Morgan fingerprint density at radius 3 is 2.36 bits per heavy atom. The second kappa shape index (κ2) is 10.6. The fourth-order valence-corrected chi connectivity index (χ4v) is 3.92. The van der Waals surface area contributed by atoms with Gasteiger partial charge in [-0.2, -0.15) is 4.37 Å². The van der Waals surface area contributed by atoms with Gasteiger partial charge in [0.15, 0.2) is 5.69 Å². The molecule has 0 saturated carbocycles. The highest BCUT2D eigenvalue weighted by atomic mass is 32.1. The van der Waals surface area contributed by atoms with Gasteiger partial charge in [-0.3, -0.25) is 19.3 Å². The predicted molar refractivity (Wildman–Crippen MR) is 127 cm³/mol. The molecular weight excluding hydrogens is 442 g/mol. The van der Waals surface area contributed by atoms with Crippen LogP contribution in [0.1, 0.15) is 39.6 Å². The molecule has 0 radical (unpaired) electrons. The molecule has 2 aromatic carbocycles. The van der Waals surface area contributed by atoms with Gasteiger partial charge in [0, 0.05) is 12.2 Å². The molecule has 0 bridgehead atoms. The largest absolute Gasteiger partial charge is 0.494 e. The lowest BCUT2D eigenvalue weighted by atomic mass is 10.1. The highest BCUT2D eigenvalue weighted by molar-refractivity contribution is 7.09. The third kappa shape index (κ3) is 5.47. The van der Waals surface area contributed by atoms with E-state index in [1.807, 2.05) is 37.3 Å². The molecule has 3 amide bonds. The molecule has 0 aliphatic rings. The normalized spacial score (nSPS) is 11.5. The summed E-state index contributed by atoms with van der Waals surface area (Å²) >= 11 is 0.763. The molecule has 10 heteroatoms. The van der Waals surface area contributed by atoms with E-state index in [0.29, 0.717) is 24.6 Å². The molecule has 0 fully saturated rings. The number of nitrogens with one attached hydrogen (secondary N) is 1. The minimum atomic E-state index is -0.891. The van der Waals surface area contributed by atoms with Gasteiger partial charge in [0.25, 0.3) is 11.8 Å². The average molecular weight is 468 g/mol. The third-order valence-electron chi connectivity index (χ3n) is 4.88. The smallest absolute Gasteiger partial charge is 0.272 e. The molecule has 3 aromatic rings. The first-order valence-electron chi connectivity index (χ1n) is 10.3. The van der Waals surface area contributed by atoms with E-state index in [-0.39, 0.29) is 22.2 Å². The Balaban J connectivity index is 1.91. The van der Waals surface area contributed by atoms with Crippen molar-refractivity contribution in [3.8, 4) is 5.75 Å². The van der Waals surface area contributed by atoms with Crippen molar-refractivity contribution in [1.82, 2.24) is 9.69 Å². The Hall–Kier alpha value is -3.92. The Morgan fingerprint density at radius 2 is 1.79 bits per heavy atom. The number of carbonyl (C=O) groups is 3. The fraction of sp³-hybridized carbons (Fsp3) is 0.217. The van der Waals surface area contributed by atoms with Gasteiger partial charge < -0.3 is 21.5 Å². The van der Waals surface area contributed by atoms with Gasteiger partial charge in [-0.25, -0.2) is 0 Å². The van der Waals surface area contributed by atoms with Crippen LogP contribution in [-0.4, -0.2) is 34.7 Å². The third-order valence-corrected chi connectivity index (χ3v) is 5.73. The van der Waals surface area contributed by atoms with Crippen molar-refractivity contribution >= 4 is 40.6 Å². The van der Waals surface area contributed by atoms with Crippen molar-refractivity contribution in [2.45, 2.75) is 26.4 Å². The molecule has 3 rings (SSSR count). The van der Waals surface area contributed by atoms with E-state index in [9.17, 15) is 14.4 Å². The minimum absolute atomic E-state index is 0.0281. The quantitative estimate of drug-likeness (QED) is 0.442. The van der Waals surface area contributed by atoms with Crippen molar-refractivity contribution in [3.63, 3.8) is 0 Å². The Labute approximate surface area is 195 Å². The van der Waals surface area contributed by atoms with Crippen molar-refractivity contribution in [3.05, 3.63) is 70.7 Å². The van der Waals surface area contributed by atoms with E-state index < -0.39 is 17.9 Å². The van der Waals surface area contributed by atoms with Crippen LogP contribution in [0.4, 0.5) is 11.4 Å². The predicted octanol–water partition coefficient (Wildman–Crippen LogP) is 2.57. The molecule has 9 nitrogen and oxygen atoms in total. The molecule has 5 N–H and O–H groups in total. The summed E-state index contributed by atoms with van der Waals surface area (Å²) in [6, 6.07) is 15.3. The molecule has 1 aromatic heterocycles. The van der Waals surface area contributed by atoms with Crippen LogP contribution >= 0.6 is 11.5 Å². The fourth-order valence-electron chi connectivity index (χ4n) is 3.17. The van der Waals surface area contributed by atoms with E-state index >= 15 is 0 Å². The number of hydrogen-bond donors (Lipinski definition) is 3. The van der Waals surface area contributed by atoms with Crippen LogP contribution < -0.4 is 26.4 Å². The molecular formula is C23H25N5O4S. The number of anilines is 2. The Bertz CT molecular complexity index is 1130. The van der Waals surface area contributed by atoms with Gasteiger partial charge >= 0.3 is 0 Å². The zero-order valence-electron chi connectivity index (χ0n) is 18.3. The summed E-state index contributed by atoms with van der Waals surface area (Å²) in [6.45, 7) is 4.28. The van der Waals surface area contributed by atoms with Crippen molar-refractivity contribution in [1.29, 1.82) is 0 Å². The number of hydrogen-bond acceptors (Lipinski definition) is 7. The van der Waals surface area contributed by atoms with Gasteiger partial charge in [-0.15, -0.1) is 0 Å². The number of primary amides is 1. The summed E-state index contributed by atoms with van der Waals surface area (Å²) in [5.74, 6) is -1.13. The maximum atomic E-state index is 13.5. The zero-order chi connectivity index (χ0) is 24.0. The number of amides is 3. The minimum Gasteiger partial charge on any atom is -0.494 e. The summed E-state index contributed by atoms with van der Waals surface area (Å²) < 4.78 is 9.37. The first-order valence-corrected chi connectivity index (χ1v) is 11.0. The number of aromatic nitrogens is 1. The van der Waals surface area contributed by atoms with Crippen LogP contribution in [0.15, 0.2) is 54.6 Å². The van der Waals surface area contributed by atoms with E-state index in [1.54, 1.807) is 31.2 Å². The van der Waals surface area contributed by atoms with Gasteiger partial charge in [0.2, 0.25) is 5.91 Å². The van der Waals surface area contributed by atoms with Crippen LogP contribution in [0.2, 0.25) is 0 Å². The topological polar surface area (TPSA) is 141 Å². The number of nitrogens with zero attached hydrogens (tertiary/aromatic N) is 2. The van der Waals surface area contributed by atoms with E-state index in [0.717, 1.165) is 17.1 Å². The Morgan fingerprint density at radius 1 is 1.12 bits per heavy atom. The molecule has 0 spiro atoms. The molecule has 33 heavy (non-hydrogen) atoms. The first-order chi connectivity index (χ1) is 15.8. The number of nitrogens with two attached hydrogens (primary N) is 2. The zero-order valence-corrected chi connectivity index (χ0v) is 19.1. The van der Waals surface area contributed by atoms with E-state index in [4.69, 9.17) is 16.2 Å². The van der Waals surface area contributed by atoms with Gasteiger partial charge in [-0.05, 0) is 55.2 Å². The second-order valence-electron chi connectivity index (χ2n) is 7.12. The molecule has 0 aliphatic heterocycles. The van der Waals surface area contributed by atoms with Crippen LogP contribution in [0.3, 0.4) is 0 Å². The average Bonchev–Trinajstić information content (AvgIpc) is 3.21. The summed E-state index contributed by atoms with van der Waals surface area (Å²) in [7, 11) is 0. The SMILES string of the molecule is CCOc1ccc(N(C(=O)c2snc(C(N)=O)c2N)C(C)C(=O)NCc2ccccc2)cc1. The summed E-state index contributed by atoms with van der Waals surface area (Å²) in [5.41, 5.74) is 12.4. The number of rotatable bonds is 9.